The van der Waals surface area contributed by atoms with Crippen molar-refractivity contribution in [3.8, 4) is 0 Å². The minimum absolute atomic E-state index is 0.0642. The Labute approximate surface area is 175 Å². The summed E-state index contributed by atoms with van der Waals surface area (Å²) in [6.45, 7) is 0.121. The third-order valence-electron chi connectivity index (χ3n) is 5.20. The first kappa shape index (κ1) is 22.3. The van der Waals surface area contributed by atoms with Gasteiger partial charge in [0, 0.05) is 24.6 Å². The molecule has 1 heterocycles. The fraction of sp³-hybridized carbons (Fsp3) is 0.318. The van der Waals surface area contributed by atoms with E-state index in [1.54, 1.807) is 0 Å². The first-order chi connectivity index (χ1) is 14.8. The standard InChI is InChI=1S/C14H17F2NO.C8H5FN2O2/c15-12-6-5-11(13(16)8-12)9-17-14(18)7-4-10-2-1-3-10;9-4-1-2-6-5(3-4)7(12)11-8(13)10-6/h5-6,8,10H,1-4,7,9H2,(H,17,18);1-3H,(H2,10,11,12,13). The van der Waals surface area contributed by atoms with E-state index in [2.05, 4.69) is 10.3 Å². The Balaban J connectivity index is 0.000000185. The van der Waals surface area contributed by atoms with Gasteiger partial charge in [0.05, 0.1) is 10.9 Å². The van der Waals surface area contributed by atoms with E-state index < -0.39 is 28.7 Å². The van der Waals surface area contributed by atoms with Crippen LogP contribution in [0.4, 0.5) is 13.2 Å². The van der Waals surface area contributed by atoms with E-state index in [0.29, 0.717) is 23.4 Å². The van der Waals surface area contributed by atoms with Crippen molar-refractivity contribution in [3.63, 3.8) is 0 Å². The number of aromatic amines is 2. The maximum absolute atomic E-state index is 13.3. The third kappa shape index (κ3) is 6.31. The van der Waals surface area contributed by atoms with E-state index in [9.17, 15) is 27.6 Å². The van der Waals surface area contributed by atoms with Crippen LogP contribution in [0.15, 0.2) is 46.0 Å². The Morgan fingerprint density at radius 1 is 1.00 bits per heavy atom. The van der Waals surface area contributed by atoms with Crippen molar-refractivity contribution >= 4 is 16.8 Å². The smallest absolute Gasteiger partial charge is 0.326 e. The van der Waals surface area contributed by atoms with E-state index >= 15 is 0 Å². The lowest BCUT2D eigenvalue weighted by atomic mass is 9.82. The molecule has 0 aliphatic heterocycles. The Bertz CT molecular complexity index is 1190. The van der Waals surface area contributed by atoms with Gasteiger partial charge in [-0.3, -0.25) is 14.6 Å². The van der Waals surface area contributed by atoms with Gasteiger partial charge in [-0.1, -0.05) is 25.3 Å². The van der Waals surface area contributed by atoms with Crippen molar-refractivity contribution in [1.82, 2.24) is 15.3 Å². The number of hydrogen-bond donors (Lipinski definition) is 3. The number of rotatable bonds is 5. The zero-order chi connectivity index (χ0) is 22.4. The van der Waals surface area contributed by atoms with Crippen molar-refractivity contribution in [3.05, 3.63) is 80.3 Å². The number of hydrogen-bond acceptors (Lipinski definition) is 3. The lowest BCUT2D eigenvalue weighted by Gasteiger charge is -2.24. The molecule has 9 heteroatoms. The summed E-state index contributed by atoms with van der Waals surface area (Å²) in [5, 5.41) is 2.80. The molecular formula is C22H22F3N3O3. The van der Waals surface area contributed by atoms with E-state index in [-0.39, 0.29) is 17.8 Å². The second-order valence-corrected chi connectivity index (χ2v) is 7.45. The lowest BCUT2D eigenvalue weighted by Crippen LogP contribution is -2.24. The van der Waals surface area contributed by atoms with E-state index in [1.165, 1.54) is 43.5 Å². The predicted octanol–water partition coefficient (Wildman–Crippen LogP) is 3.52. The molecule has 1 aliphatic rings. The molecule has 4 rings (SSSR count). The number of H-pyrrole nitrogens is 2. The summed E-state index contributed by atoms with van der Waals surface area (Å²) >= 11 is 0. The molecule has 1 aromatic heterocycles. The molecule has 3 N–H and O–H groups in total. The van der Waals surface area contributed by atoms with Crippen LogP contribution in [-0.4, -0.2) is 15.9 Å². The summed E-state index contributed by atoms with van der Waals surface area (Å²) in [5.41, 5.74) is -0.536. The number of carbonyl (C=O) groups excluding carboxylic acids is 1. The Kier molecular flexibility index (Phi) is 7.28. The Morgan fingerprint density at radius 2 is 1.71 bits per heavy atom. The van der Waals surface area contributed by atoms with Gasteiger partial charge in [-0.25, -0.2) is 18.0 Å². The number of halogens is 3. The minimum atomic E-state index is -0.616. The van der Waals surface area contributed by atoms with E-state index in [1.807, 2.05) is 4.98 Å². The van der Waals surface area contributed by atoms with Gasteiger partial charge in [0.2, 0.25) is 5.91 Å². The molecule has 0 radical (unpaired) electrons. The van der Waals surface area contributed by atoms with E-state index in [4.69, 9.17) is 0 Å². The van der Waals surface area contributed by atoms with Gasteiger partial charge < -0.3 is 10.3 Å². The first-order valence-electron chi connectivity index (χ1n) is 9.94. The van der Waals surface area contributed by atoms with Crippen molar-refractivity contribution in [2.24, 2.45) is 5.92 Å². The number of amides is 1. The van der Waals surface area contributed by atoms with Crippen LogP contribution in [-0.2, 0) is 11.3 Å². The third-order valence-corrected chi connectivity index (χ3v) is 5.20. The molecule has 0 atom stereocenters. The highest BCUT2D eigenvalue weighted by Gasteiger charge is 2.18. The molecule has 1 amide bonds. The molecule has 3 aromatic rings. The van der Waals surface area contributed by atoms with Crippen molar-refractivity contribution in [1.29, 1.82) is 0 Å². The zero-order valence-corrected chi connectivity index (χ0v) is 16.6. The van der Waals surface area contributed by atoms with Gasteiger partial charge in [0.15, 0.2) is 0 Å². The van der Waals surface area contributed by atoms with Crippen molar-refractivity contribution in [2.45, 2.75) is 38.6 Å². The van der Waals surface area contributed by atoms with Gasteiger partial charge in [-0.15, -0.1) is 0 Å². The molecule has 0 unspecified atom stereocenters. The molecule has 31 heavy (non-hydrogen) atoms. The largest absolute Gasteiger partial charge is 0.352 e. The van der Waals surface area contributed by atoms with Gasteiger partial charge >= 0.3 is 5.69 Å². The average Bonchev–Trinajstić information content (AvgIpc) is 2.67. The lowest BCUT2D eigenvalue weighted by molar-refractivity contribution is -0.121. The van der Waals surface area contributed by atoms with Crippen LogP contribution in [0.2, 0.25) is 0 Å². The van der Waals surface area contributed by atoms with Crippen LogP contribution in [0.1, 0.15) is 37.7 Å². The number of fused-ring (bicyclic) bond motifs is 1. The normalized spacial score (nSPS) is 13.3. The van der Waals surface area contributed by atoms with Crippen LogP contribution in [0.5, 0.6) is 0 Å². The molecule has 1 fully saturated rings. The predicted molar refractivity (Wildman–Crippen MR) is 110 cm³/mol. The topological polar surface area (TPSA) is 94.8 Å². The maximum atomic E-state index is 13.3. The molecule has 6 nitrogen and oxygen atoms in total. The summed E-state index contributed by atoms with van der Waals surface area (Å²) in [6, 6.07) is 6.98. The van der Waals surface area contributed by atoms with E-state index in [0.717, 1.165) is 18.6 Å². The van der Waals surface area contributed by atoms with Crippen LogP contribution in [0.3, 0.4) is 0 Å². The zero-order valence-electron chi connectivity index (χ0n) is 16.6. The van der Waals surface area contributed by atoms with Gasteiger partial charge in [-0.05, 0) is 36.6 Å². The second-order valence-electron chi connectivity index (χ2n) is 7.45. The van der Waals surface area contributed by atoms with Crippen molar-refractivity contribution < 1.29 is 18.0 Å². The van der Waals surface area contributed by atoms with Gasteiger partial charge in [-0.2, -0.15) is 0 Å². The SMILES string of the molecule is O=C(CCC1CCC1)NCc1ccc(F)cc1F.O=c1[nH]c(=O)c2cc(F)ccc2[nH]1. The van der Waals surface area contributed by atoms with Gasteiger partial charge in [0.25, 0.3) is 5.56 Å². The molecule has 0 spiro atoms. The first-order valence-corrected chi connectivity index (χ1v) is 9.94. The van der Waals surface area contributed by atoms with Crippen molar-refractivity contribution in [2.75, 3.05) is 0 Å². The minimum Gasteiger partial charge on any atom is -0.352 e. The summed E-state index contributed by atoms with van der Waals surface area (Å²) in [6.07, 6.45) is 5.12. The highest BCUT2D eigenvalue weighted by atomic mass is 19.1. The second kappa shape index (κ2) is 10.1. The quantitative estimate of drug-likeness (QED) is 0.575. The van der Waals surface area contributed by atoms with Gasteiger partial charge in [0.1, 0.15) is 17.5 Å². The number of carbonyl (C=O) groups is 1. The van der Waals surface area contributed by atoms with Crippen LogP contribution in [0.25, 0.3) is 10.9 Å². The molecule has 164 valence electrons. The van der Waals surface area contributed by atoms with Crippen LogP contribution < -0.4 is 16.6 Å². The number of nitrogens with one attached hydrogen (secondary N) is 3. The highest BCUT2D eigenvalue weighted by Crippen LogP contribution is 2.30. The summed E-state index contributed by atoms with van der Waals surface area (Å²) in [5.74, 6) is -1.10. The molecular weight excluding hydrogens is 411 g/mol. The summed E-state index contributed by atoms with van der Waals surface area (Å²) in [4.78, 5) is 37.8. The summed E-state index contributed by atoms with van der Waals surface area (Å²) in [7, 11) is 0. The van der Waals surface area contributed by atoms with Crippen LogP contribution in [0, 0.1) is 23.4 Å². The molecule has 2 aromatic carbocycles. The summed E-state index contributed by atoms with van der Waals surface area (Å²) < 4.78 is 38.6. The molecule has 1 saturated carbocycles. The molecule has 0 bridgehead atoms. The monoisotopic (exact) mass is 433 g/mol. The highest BCUT2D eigenvalue weighted by molar-refractivity contribution is 5.77. The average molecular weight is 433 g/mol. The molecule has 0 saturated heterocycles. The maximum Gasteiger partial charge on any atom is 0.326 e. The number of aromatic nitrogens is 2. The molecule has 1 aliphatic carbocycles. The fourth-order valence-corrected chi connectivity index (χ4v) is 3.20. The Hall–Kier alpha value is -3.36. The number of benzene rings is 2. The Morgan fingerprint density at radius 3 is 2.39 bits per heavy atom. The fourth-order valence-electron chi connectivity index (χ4n) is 3.20. The van der Waals surface area contributed by atoms with Crippen LogP contribution >= 0.6 is 0 Å².